The predicted molar refractivity (Wildman–Crippen MR) is 126 cm³/mol. The van der Waals surface area contributed by atoms with Crippen molar-refractivity contribution in [1.82, 2.24) is 24.9 Å². The number of rotatable bonds is 5. The van der Waals surface area contributed by atoms with Crippen LogP contribution in [-0.4, -0.2) is 50.0 Å². The van der Waals surface area contributed by atoms with Gasteiger partial charge in [0.05, 0.1) is 18.1 Å². The van der Waals surface area contributed by atoms with Crippen LogP contribution in [0.25, 0.3) is 0 Å². The first-order valence-corrected chi connectivity index (χ1v) is 12.0. The van der Waals surface area contributed by atoms with Gasteiger partial charge in [0.25, 0.3) is 0 Å². The molecule has 6 rings (SSSR count). The molecule has 3 aromatic rings. The Labute approximate surface area is 209 Å². The molecule has 13 heteroatoms. The highest BCUT2D eigenvalue weighted by Crippen LogP contribution is 2.44. The summed E-state index contributed by atoms with van der Waals surface area (Å²) in [7, 11) is 0. The molecule has 0 aromatic carbocycles. The van der Waals surface area contributed by atoms with Crippen molar-refractivity contribution < 1.29 is 22.7 Å². The maximum Gasteiger partial charge on any atom is 0.451 e. The minimum Gasteiger partial charge on any atom is -0.436 e. The van der Waals surface area contributed by atoms with Crippen molar-refractivity contribution in [3.05, 3.63) is 47.8 Å². The van der Waals surface area contributed by atoms with Gasteiger partial charge in [-0.3, -0.25) is 4.79 Å². The second kappa shape index (κ2) is 8.82. The van der Waals surface area contributed by atoms with Crippen LogP contribution in [0.4, 0.5) is 30.6 Å². The van der Waals surface area contributed by atoms with Crippen LogP contribution in [0.15, 0.2) is 30.7 Å². The molecule has 0 spiro atoms. The fourth-order valence-electron chi connectivity index (χ4n) is 5.07. The summed E-state index contributed by atoms with van der Waals surface area (Å²) in [5, 5.41) is 3.26. The molecule has 1 N–H and O–H groups in total. The monoisotopic (exact) mass is 512 g/mol. The third-order valence-electron chi connectivity index (χ3n) is 6.85. The number of pyridine rings is 1. The molecule has 0 unspecified atom stereocenters. The van der Waals surface area contributed by atoms with Gasteiger partial charge in [-0.2, -0.15) is 18.2 Å². The summed E-state index contributed by atoms with van der Waals surface area (Å²) in [5.41, 5.74) is 2.56. The number of ether oxygens (including phenoxy) is 1. The highest BCUT2D eigenvalue weighted by Gasteiger charge is 2.47. The van der Waals surface area contributed by atoms with E-state index in [2.05, 4.69) is 32.1 Å². The highest BCUT2D eigenvalue weighted by molar-refractivity contribution is 6.06. The van der Waals surface area contributed by atoms with Crippen LogP contribution in [0.5, 0.6) is 11.6 Å². The van der Waals surface area contributed by atoms with E-state index in [0.717, 1.165) is 61.0 Å². The molecule has 3 aromatic heterocycles. The van der Waals surface area contributed by atoms with Crippen LogP contribution < -0.4 is 19.9 Å². The number of halogens is 3. The molecule has 10 nitrogen and oxygen atoms in total. The van der Waals surface area contributed by atoms with E-state index in [9.17, 15) is 18.0 Å². The van der Waals surface area contributed by atoms with E-state index >= 15 is 0 Å². The molecule has 0 saturated carbocycles. The van der Waals surface area contributed by atoms with Crippen molar-refractivity contribution >= 4 is 23.4 Å². The number of carbonyl (C=O) groups is 1. The summed E-state index contributed by atoms with van der Waals surface area (Å²) in [6.07, 6.45) is 1.49. The van der Waals surface area contributed by atoms with Crippen LogP contribution >= 0.6 is 0 Å². The number of alkyl halides is 3. The first-order valence-electron chi connectivity index (χ1n) is 12.0. The number of aromatic nitrogens is 5. The van der Waals surface area contributed by atoms with Crippen molar-refractivity contribution in [2.45, 2.75) is 44.9 Å². The predicted octanol–water partition coefficient (Wildman–Crippen LogP) is 3.59. The number of aryl methyl sites for hydroxylation is 1. The van der Waals surface area contributed by atoms with Gasteiger partial charge in [-0.1, -0.05) is 13.0 Å². The first kappa shape index (κ1) is 23.4. The number of hydrogen-bond acceptors (Lipinski definition) is 9. The zero-order valence-corrected chi connectivity index (χ0v) is 19.9. The topological polar surface area (TPSA) is 109 Å². The third kappa shape index (κ3) is 4.27. The van der Waals surface area contributed by atoms with Crippen LogP contribution in [-0.2, 0) is 23.9 Å². The van der Waals surface area contributed by atoms with Crippen molar-refractivity contribution in [1.29, 1.82) is 0 Å². The molecule has 1 amide bonds. The molecule has 1 saturated heterocycles. The Hall–Kier alpha value is -4.03. The van der Waals surface area contributed by atoms with Gasteiger partial charge in [-0.15, -0.1) is 0 Å². The van der Waals surface area contributed by atoms with Gasteiger partial charge in [0.2, 0.25) is 23.6 Å². The Balaban J connectivity index is 1.16. The van der Waals surface area contributed by atoms with Crippen molar-refractivity contribution in [3.63, 3.8) is 0 Å². The summed E-state index contributed by atoms with van der Waals surface area (Å²) >= 11 is 0. The second-order valence-corrected chi connectivity index (χ2v) is 9.36. The van der Waals surface area contributed by atoms with Gasteiger partial charge in [0, 0.05) is 31.9 Å². The SMILES string of the molecule is C[C@H]1CCN2c3nc(NCc4ccc(Oc5cnc(C(F)(F)F)nc5)nc4)nc4c3N(CCC4)C(=O)[C@H]12. The Morgan fingerprint density at radius 3 is 2.65 bits per heavy atom. The number of carbonyl (C=O) groups excluding carboxylic acids is 1. The molecule has 3 aliphatic heterocycles. The number of amides is 1. The Kier molecular flexibility index (Phi) is 5.57. The smallest absolute Gasteiger partial charge is 0.436 e. The van der Waals surface area contributed by atoms with Gasteiger partial charge in [-0.05, 0) is 30.7 Å². The summed E-state index contributed by atoms with van der Waals surface area (Å²) < 4.78 is 43.3. The minimum absolute atomic E-state index is 0.0462. The normalized spacial score (nSPS) is 20.5. The summed E-state index contributed by atoms with van der Waals surface area (Å²) in [6, 6.07) is 3.21. The van der Waals surface area contributed by atoms with E-state index < -0.39 is 12.0 Å². The fraction of sp³-hybridized carbons (Fsp3) is 0.417. The van der Waals surface area contributed by atoms with Crippen LogP contribution in [0, 0.1) is 5.92 Å². The highest BCUT2D eigenvalue weighted by atomic mass is 19.4. The van der Waals surface area contributed by atoms with E-state index in [-0.39, 0.29) is 29.5 Å². The van der Waals surface area contributed by atoms with Crippen molar-refractivity contribution in [2.24, 2.45) is 5.92 Å². The molecule has 3 aliphatic rings. The third-order valence-corrected chi connectivity index (χ3v) is 6.85. The van der Waals surface area contributed by atoms with E-state index in [0.29, 0.717) is 19.0 Å². The largest absolute Gasteiger partial charge is 0.451 e. The second-order valence-electron chi connectivity index (χ2n) is 9.36. The number of fused-ring (bicyclic) bond motifs is 2. The molecule has 6 heterocycles. The number of hydrogen-bond donors (Lipinski definition) is 1. The molecule has 1 fully saturated rings. The Morgan fingerprint density at radius 1 is 1.11 bits per heavy atom. The molecule has 192 valence electrons. The number of anilines is 3. The molecular formula is C24H23F3N8O2. The van der Waals surface area contributed by atoms with Gasteiger partial charge >= 0.3 is 6.18 Å². The summed E-state index contributed by atoms with van der Waals surface area (Å²) in [6.45, 7) is 4.01. The van der Waals surface area contributed by atoms with Crippen LogP contribution in [0.3, 0.4) is 0 Å². The summed E-state index contributed by atoms with van der Waals surface area (Å²) in [4.78, 5) is 37.4. The number of nitrogens with zero attached hydrogens (tertiary/aromatic N) is 7. The van der Waals surface area contributed by atoms with E-state index in [4.69, 9.17) is 14.7 Å². The lowest BCUT2D eigenvalue weighted by Crippen LogP contribution is -2.54. The van der Waals surface area contributed by atoms with E-state index in [1.807, 2.05) is 4.90 Å². The zero-order valence-electron chi connectivity index (χ0n) is 19.9. The molecule has 37 heavy (non-hydrogen) atoms. The van der Waals surface area contributed by atoms with Gasteiger partial charge in [-0.25, -0.2) is 19.9 Å². The average Bonchev–Trinajstić information content (AvgIpc) is 3.28. The lowest BCUT2D eigenvalue weighted by Gasteiger charge is -2.42. The fourth-order valence-corrected chi connectivity index (χ4v) is 5.07. The minimum atomic E-state index is -4.61. The molecular weight excluding hydrogens is 489 g/mol. The standard InChI is InChI=1S/C24H23F3N8O2/c1-13-6-8-34-18(13)21(36)35-7-2-3-16-19(35)20(34)33-23(32-16)31-10-14-4-5-17(28-9-14)37-15-11-29-22(30-12-15)24(25,26)27/h4-5,9,11-13,18H,2-3,6-8,10H2,1H3,(H,31,32,33)/t13-,18-/m0/s1. The van der Waals surface area contributed by atoms with E-state index in [1.54, 1.807) is 18.3 Å². The first-order chi connectivity index (χ1) is 17.8. The molecule has 0 aliphatic carbocycles. The number of nitrogens with one attached hydrogen (secondary N) is 1. The molecule has 0 bridgehead atoms. The van der Waals surface area contributed by atoms with Crippen LogP contribution in [0.1, 0.15) is 36.8 Å². The lowest BCUT2D eigenvalue weighted by molar-refractivity contribution is -0.145. The van der Waals surface area contributed by atoms with E-state index in [1.165, 1.54) is 0 Å². The molecule has 0 radical (unpaired) electrons. The zero-order chi connectivity index (χ0) is 25.7. The van der Waals surface area contributed by atoms with Crippen LogP contribution in [0.2, 0.25) is 0 Å². The van der Waals surface area contributed by atoms with Crippen molar-refractivity contribution in [3.8, 4) is 11.6 Å². The maximum atomic E-state index is 13.1. The quantitative estimate of drug-likeness (QED) is 0.549. The van der Waals surface area contributed by atoms with Gasteiger partial charge in [0.15, 0.2) is 11.6 Å². The maximum absolute atomic E-state index is 13.1. The van der Waals surface area contributed by atoms with Gasteiger partial charge in [0.1, 0.15) is 11.7 Å². The molecule has 2 atom stereocenters. The lowest BCUT2D eigenvalue weighted by atomic mass is 9.97. The summed E-state index contributed by atoms with van der Waals surface area (Å²) in [5.74, 6) is 0.747. The average molecular weight is 512 g/mol. The Bertz CT molecular complexity index is 1330. The van der Waals surface area contributed by atoms with Crippen molar-refractivity contribution in [2.75, 3.05) is 28.2 Å². The Morgan fingerprint density at radius 2 is 1.92 bits per heavy atom. The van der Waals surface area contributed by atoms with Gasteiger partial charge < -0.3 is 19.9 Å².